The van der Waals surface area contributed by atoms with Gasteiger partial charge in [0.15, 0.2) is 10.7 Å². The van der Waals surface area contributed by atoms with E-state index in [2.05, 4.69) is 10.3 Å². The van der Waals surface area contributed by atoms with Crippen LogP contribution in [0.4, 0.5) is 0 Å². The van der Waals surface area contributed by atoms with Crippen LogP contribution in [0.1, 0.15) is 0 Å². The zero-order valence-corrected chi connectivity index (χ0v) is 8.17. The van der Waals surface area contributed by atoms with Crippen molar-refractivity contribution in [1.29, 1.82) is 0 Å². The quantitative estimate of drug-likeness (QED) is 0.208. The van der Waals surface area contributed by atoms with E-state index in [1.807, 2.05) is 0 Å². The summed E-state index contributed by atoms with van der Waals surface area (Å²) in [5, 5.41) is 19.5. The number of benzene rings is 1. The average Bonchev–Trinajstić information content (AvgIpc) is 2.19. The van der Waals surface area contributed by atoms with E-state index in [-0.39, 0.29) is 6.07 Å². The molecule has 0 radical (unpaired) electrons. The molecule has 0 heterocycles. The molecular weight excluding hydrogens is 244 g/mol. The van der Waals surface area contributed by atoms with Crippen LogP contribution in [0.5, 0.6) is 0 Å². The Kier molecular flexibility index (Phi) is 2.87. The molecule has 10 heteroatoms. The number of nitrogens with zero attached hydrogens (tertiary/aromatic N) is 2. The van der Waals surface area contributed by atoms with Crippen molar-refractivity contribution in [3.8, 4) is 0 Å². The minimum absolute atomic E-state index is 0.265. The lowest BCUT2D eigenvalue weighted by Gasteiger charge is -1.94. The average molecular weight is 248 g/mol. The number of hydrogen-bond donors (Lipinski definition) is 3. The van der Waals surface area contributed by atoms with E-state index in [1.54, 1.807) is 0 Å². The summed E-state index contributed by atoms with van der Waals surface area (Å²) in [5.74, 6) is 0. The molecule has 0 aliphatic carbocycles. The van der Waals surface area contributed by atoms with Gasteiger partial charge in [0.25, 0.3) is 15.5 Å². The first kappa shape index (κ1) is 12.0. The standard InChI is InChI=1S/C6H4N2O7S/c9-2-1-3(16(13,14)15)4(7-11)5(8-12)6(2)10/h1,11-12H,(H,13,14,15)/b7-4-,8-5-. The number of rotatable bonds is 1. The van der Waals surface area contributed by atoms with E-state index in [1.165, 1.54) is 0 Å². The summed E-state index contributed by atoms with van der Waals surface area (Å²) >= 11 is 0. The highest BCUT2D eigenvalue weighted by Gasteiger charge is 2.18. The van der Waals surface area contributed by atoms with E-state index in [4.69, 9.17) is 15.0 Å². The van der Waals surface area contributed by atoms with Crippen LogP contribution in [0.15, 0.2) is 30.9 Å². The fourth-order valence-corrected chi connectivity index (χ4v) is 1.62. The molecule has 0 saturated carbocycles. The normalized spacial score (nSPS) is 14.3. The Bertz CT molecular complexity index is 739. The molecule has 3 N–H and O–H groups in total. The van der Waals surface area contributed by atoms with E-state index >= 15 is 0 Å². The first-order chi connectivity index (χ1) is 7.32. The van der Waals surface area contributed by atoms with Crippen LogP contribution in [0.3, 0.4) is 0 Å². The van der Waals surface area contributed by atoms with Gasteiger partial charge in [0.05, 0.1) is 0 Å². The van der Waals surface area contributed by atoms with Crippen LogP contribution < -0.4 is 21.6 Å². The van der Waals surface area contributed by atoms with Crippen molar-refractivity contribution in [2.75, 3.05) is 0 Å². The summed E-state index contributed by atoms with van der Waals surface area (Å²) in [6, 6.07) is 0.265. The molecule has 1 aromatic rings. The summed E-state index contributed by atoms with van der Waals surface area (Å²) in [4.78, 5) is 20.9. The van der Waals surface area contributed by atoms with Crippen LogP contribution in [0, 0.1) is 0 Å². The predicted molar refractivity (Wildman–Crippen MR) is 45.9 cm³/mol. The summed E-state index contributed by atoms with van der Waals surface area (Å²) in [5.41, 5.74) is -2.68. The smallest absolute Gasteiger partial charge is 0.297 e. The lowest BCUT2D eigenvalue weighted by Crippen LogP contribution is -2.49. The minimum atomic E-state index is -4.88. The molecular formula is C6H4N2O7S. The van der Waals surface area contributed by atoms with Crippen molar-refractivity contribution in [1.82, 2.24) is 0 Å². The van der Waals surface area contributed by atoms with Gasteiger partial charge in [-0.3, -0.25) is 14.1 Å². The molecule has 0 spiro atoms. The van der Waals surface area contributed by atoms with Crippen molar-refractivity contribution < 1.29 is 23.4 Å². The Balaban J connectivity index is 4.22. The third-order valence-electron chi connectivity index (χ3n) is 1.64. The summed E-state index contributed by atoms with van der Waals surface area (Å²) in [6.07, 6.45) is 0. The van der Waals surface area contributed by atoms with Gasteiger partial charge in [-0.1, -0.05) is 10.3 Å². The maximum atomic E-state index is 11.0. The second-order valence-electron chi connectivity index (χ2n) is 2.57. The van der Waals surface area contributed by atoms with Crippen molar-refractivity contribution in [2.45, 2.75) is 4.90 Å². The fourth-order valence-electron chi connectivity index (χ4n) is 0.980. The second kappa shape index (κ2) is 3.83. The Morgan fingerprint density at radius 2 is 1.56 bits per heavy atom. The van der Waals surface area contributed by atoms with Gasteiger partial charge in [0.2, 0.25) is 5.43 Å². The Morgan fingerprint density at radius 1 is 1.06 bits per heavy atom. The molecule has 1 rings (SSSR count). The monoisotopic (exact) mass is 248 g/mol. The Hall–Kier alpha value is -2.07. The summed E-state index contributed by atoms with van der Waals surface area (Å²) < 4.78 is 30.2. The van der Waals surface area contributed by atoms with Crippen LogP contribution in [0.25, 0.3) is 0 Å². The SMILES string of the molecule is O=c1cc(S(=O)(=O)O)c(=N/O)/c(=N/O)c1=O. The number of hydrogen-bond acceptors (Lipinski definition) is 8. The second-order valence-corrected chi connectivity index (χ2v) is 3.96. The molecule has 0 amide bonds. The lowest BCUT2D eigenvalue weighted by molar-refractivity contribution is 0.284. The molecule has 16 heavy (non-hydrogen) atoms. The minimum Gasteiger partial charge on any atom is -0.410 e. The molecule has 9 nitrogen and oxygen atoms in total. The molecule has 0 unspecified atom stereocenters. The Morgan fingerprint density at radius 3 is 1.94 bits per heavy atom. The lowest BCUT2D eigenvalue weighted by atomic mass is 10.3. The van der Waals surface area contributed by atoms with E-state index < -0.39 is 36.6 Å². The fraction of sp³-hybridized carbons (Fsp3) is 0. The molecule has 1 aromatic carbocycles. The van der Waals surface area contributed by atoms with Crippen molar-refractivity contribution in [3.05, 3.63) is 37.2 Å². The zero-order valence-electron chi connectivity index (χ0n) is 7.35. The van der Waals surface area contributed by atoms with E-state index in [9.17, 15) is 18.0 Å². The summed E-state index contributed by atoms with van der Waals surface area (Å²) in [7, 11) is -4.88. The third kappa shape index (κ3) is 1.83. The van der Waals surface area contributed by atoms with Gasteiger partial charge in [-0.2, -0.15) is 8.42 Å². The largest absolute Gasteiger partial charge is 0.410 e. The molecule has 0 aromatic heterocycles. The highest BCUT2D eigenvalue weighted by atomic mass is 32.2. The first-order valence-corrected chi connectivity index (χ1v) is 4.99. The van der Waals surface area contributed by atoms with Gasteiger partial charge in [0.1, 0.15) is 4.90 Å². The van der Waals surface area contributed by atoms with Gasteiger partial charge in [-0.25, -0.2) is 0 Å². The highest BCUT2D eigenvalue weighted by molar-refractivity contribution is 7.85. The molecule has 0 saturated heterocycles. The molecule has 0 aliphatic heterocycles. The van der Waals surface area contributed by atoms with Crippen LogP contribution in [-0.4, -0.2) is 23.4 Å². The van der Waals surface area contributed by atoms with E-state index in [0.29, 0.717) is 0 Å². The zero-order chi connectivity index (χ0) is 12.5. The maximum Gasteiger partial charge on any atom is 0.297 e. The van der Waals surface area contributed by atoms with Crippen LogP contribution >= 0.6 is 0 Å². The molecule has 86 valence electrons. The van der Waals surface area contributed by atoms with Crippen LogP contribution in [0.2, 0.25) is 0 Å². The first-order valence-electron chi connectivity index (χ1n) is 3.55. The van der Waals surface area contributed by atoms with Crippen molar-refractivity contribution in [3.63, 3.8) is 0 Å². The van der Waals surface area contributed by atoms with Gasteiger partial charge in [0, 0.05) is 6.07 Å². The van der Waals surface area contributed by atoms with Gasteiger partial charge >= 0.3 is 0 Å². The van der Waals surface area contributed by atoms with Crippen LogP contribution in [-0.2, 0) is 10.1 Å². The Labute approximate surface area is 86.7 Å². The van der Waals surface area contributed by atoms with Gasteiger partial charge in [-0.05, 0) is 0 Å². The predicted octanol–water partition coefficient (Wildman–Crippen LogP) is -2.89. The molecule has 0 atom stereocenters. The van der Waals surface area contributed by atoms with Crippen molar-refractivity contribution >= 4 is 10.1 Å². The highest BCUT2D eigenvalue weighted by Crippen LogP contribution is 1.94. The third-order valence-corrected chi connectivity index (χ3v) is 2.50. The topological polar surface area (TPSA) is 154 Å². The maximum absolute atomic E-state index is 11.0. The molecule has 0 bridgehead atoms. The van der Waals surface area contributed by atoms with Gasteiger partial charge < -0.3 is 10.4 Å². The summed E-state index contributed by atoms with van der Waals surface area (Å²) in [6.45, 7) is 0. The van der Waals surface area contributed by atoms with Crippen molar-refractivity contribution in [2.24, 2.45) is 10.3 Å². The molecule has 0 aliphatic rings. The van der Waals surface area contributed by atoms with E-state index in [0.717, 1.165) is 0 Å². The van der Waals surface area contributed by atoms with Gasteiger partial charge in [-0.15, -0.1) is 0 Å². The molecule has 0 fully saturated rings.